The lowest BCUT2D eigenvalue weighted by molar-refractivity contribution is -0.141. The molecular formula is C17H23NO4S. The summed E-state index contributed by atoms with van der Waals surface area (Å²) >= 11 is 1.93. The molecule has 2 fully saturated rings. The van der Waals surface area contributed by atoms with E-state index < -0.39 is 5.97 Å². The number of carboxylic acid groups (broad SMARTS) is 1. The second kappa shape index (κ2) is 7.45. The molecule has 0 bridgehead atoms. The highest BCUT2D eigenvalue weighted by Gasteiger charge is 2.32. The van der Waals surface area contributed by atoms with Crippen molar-refractivity contribution in [1.29, 1.82) is 0 Å². The first-order valence-corrected chi connectivity index (χ1v) is 9.22. The van der Waals surface area contributed by atoms with Gasteiger partial charge in [0.25, 0.3) is 0 Å². The molecule has 0 amide bonds. The molecule has 23 heavy (non-hydrogen) atoms. The molecular weight excluding hydrogens is 314 g/mol. The Kier molecular flexibility index (Phi) is 5.33. The number of carbonyl (C=O) groups is 1. The Balaban J connectivity index is 1.78. The zero-order valence-corrected chi connectivity index (χ0v) is 14.1. The highest BCUT2D eigenvalue weighted by Crippen LogP contribution is 2.40. The van der Waals surface area contributed by atoms with E-state index in [0.29, 0.717) is 13.0 Å². The van der Waals surface area contributed by atoms with E-state index in [1.54, 1.807) is 7.11 Å². The van der Waals surface area contributed by atoms with E-state index >= 15 is 0 Å². The molecule has 6 heteroatoms. The monoisotopic (exact) mass is 337 g/mol. The van der Waals surface area contributed by atoms with E-state index in [4.69, 9.17) is 9.47 Å². The van der Waals surface area contributed by atoms with E-state index in [2.05, 4.69) is 5.32 Å². The molecule has 0 spiro atoms. The summed E-state index contributed by atoms with van der Waals surface area (Å²) < 4.78 is 11.8. The highest BCUT2D eigenvalue weighted by molar-refractivity contribution is 7.99. The summed E-state index contributed by atoms with van der Waals surface area (Å²) in [4.78, 5) is 11.2. The van der Waals surface area contributed by atoms with E-state index in [1.165, 1.54) is 12.2 Å². The lowest BCUT2D eigenvalue weighted by atomic mass is 9.99. The number of ether oxygens (including phenoxy) is 2. The molecule has 0 aromatic heterocycles. The number of hydrogen-bond acceptors (Lipinski definition) is 5. The van der Waals surface area contributed by atoms with Crippen LogP contribution in [-0.2, 0) is 4.79 Å². The molecule has 0 saturated carbocycles. The van der Waals surface area contributed by atoms with Crippen molar-refractivity contribution in [2.75, 3.05) is 25.2 Å². The third kappa shape index (κ3) is 3.75. The van der Waals surface area contributed by atoms with Gasteiger partial charge in [0.15, 0.2) is 11.5 Å². The maximum Gasteiger partial charge on any atom is 0.307 e. The van der Waals surface area contributed by atoms with Crippen molar-refractivity contribution in [3.63, 3.8) is 0 Å². The first-order chi connectivity index (χ1) is 11.2. The van der Waals surface area contributed by atoms with E-state index in [1.807, 2.05) is 30.0 Å². The Bertz CT molecular complexity index is 560. The van der Waals surface area contributed by atoms with Crippen molar-refractivity contribution in [3.05, 3.63) is 23.8 Å². The second-order valence-corrected chi connectivity index (χ2v) is 7.22. The molecule has 2 aliphatic heterocycles. The lowest BCUT2D eigenvalue weighted by Crippen LogP contribution is -2.24. The number of benzene rings is 1. The van der Waals surface area contributed by atoms with Crippen LogP contribution in [0.25, 0.3) is 0 Å². The Morgan fingerprint density at radius 3 is 2.96 bits per heavy atom. The number of aliphatic carboxylic acids is 1. The van der Waals surface area contributed by atoms with Crippen molar-refractivity contribution in [2.24, 2.45) is 5.92 Å². The molecule has 126 valence electrons. The van der Waals surface area contributed by atoms with Crippen molar-refractivity contribution in [2.45, 2.75) is 31.4 Å². The summed E-state index contributed by atoms with van der Waals surface area (Å²) in [5.74, 6) is 2.62. The van der Waals surface area contributed by atoms with Gasteiger partial charge in [0.2, 0.25) is 0 Å². The van der Waals surface area contributed by atoms with E-state index in [9.17, 15) is 9.90 Å². The lowest BCUT2D eigenvalue weighted by Gasteiger charge is -2.25. The quantitative estimate of drug-likeness (QED) is 0.861. The van der Waals surface area contributed by atoms with Crippen LogP contribution < -0.4 is 14.8 Å². The van der Waals surface area contributed by atoms with Gasteiger partial charge in [-0.25, -0.2) is 0 Å². The predicted molar refractivity (Wildman–Crippen MR) is 90.5 cm³/mol. The number of nitrogens with one attached hydrogen (secondary N) is 1. The number of rotatable bonds is 5. The van der Waals surface area contributed by atoms with Gasteiger partial charge in [-0.05, 0) is 31.1 Å². The Labute approximate surface area is 140 Å². The topological polar surface area (TPSA) is 67.8 Å². The molecule has 2 aliphatic rings. The third-order valence-corrected chi connectivity index (χ3v) is 5.67. The molecule has 3 rings (SSSR count). The van der Waals surface area contributed by atoms with Gasteiger partial charge < -0.3 is 19.9 Å². The highest BCUT2D eigenvalue weighted by atomic mass is 32.2. The van der Waals surface area contributed by atoms with Crippen LogP contribution in [0.3, 0.4) is 0 Å². The molecule has 2 N–H and O–H groups in total. The summed E-state index contributed by atoms with van der Waals surface area (Å²) in [6, 6.07) is 5.88. The molecule has 2 saturated heterocycles. The summed E-state index contributed by atoms with van der Waals surface area (Å²) in [7, 11) is 1.64. The third-order valence-electron chi connectivity index (χ3n) is 4.48. The standard InChI is InChI=1S/C17H23NO4S/c1-21-16-13(14-8-11(9-18-14)17(19)20)5-2-6-15(16)22-12-4-3-7-23-10-12/h2,5-6,11-12,14,18H,3-4,7-10H2,1H3,(H,19,20). The maximum absolute atomic E-state index is 11.2. The molecule has 2 heterocycles. The minimum atomic E-state index is -0.745. The summed E-state index contributed by atoms with van der Waals surface area (Å²) in [6.07, 6.45) is 3.06. The molecule has 3 atom stereocenters. The first kappa shape index (κ1) is 16.5. The zero-order valence-electron chi connectivity index (χ0n) is 13.3. The minimum absolute atomic E-state index is 0.00432. The number of para-hydroxylation sites is 1. The number of thioether (sulfide) groups is 1. The SMILES string of the molecule is COc1c(OC2CCCSC2)cccc1C1CC(C(=O)O)CN1. The molecule has 1 aromatic rings. The van der Waals surface area contributed by atoms with Crippen molar-refractivity contribution in [3.8, 4) is 11.5 Å². The summed E-state index contributed by atoms with van der Waals surface area (Å²) in [6.45, 7) is 0.494. The predicted octanol–water partition coefficient (Wildman–Crippen LogP) is 2.70. The Morgan fingerprint density at radius 2 is 2.30 bits per heavy atom. The van der Waals surface area contributed by atoms with Gasteiger partial charge in [-0.1, -0.05) is 12.1 Å². The minimum Gasteiger partial charge on any atom is -0.493 e. The van der Waals surface area contributed by atoms with Gasteiger partial charge in [-0.15, -0.1) is 0 Å². The Morgan fingerprint density at radius 1 is 1.43 bits per heavy atom. The van der Waals surface area contributed by atoms with E-state index in [-0.39, 0.29) is 18.1 Å². The number of carboxylic acids is 1. The van der Waals surface area contributed by atoms with Gasteiger partial charge in [0.05, 0.1) is 13.0 Å². The molecule has 0 aliphatic carbocycles. The van der Waals surface area contributed by atoms with Crippen molar-refractivity contribution >= 4 is 17.7 Å². The van der Waals surface area contributed by atoms with Crippen LogP contribution in [0.15, 0.2) is 18.2 Å². The molecule has 5 nitrogen and oxygen atoms in total. The number of methoxy groups -OCH3 is 1. The van der Waals surface area contributed by atoms with Crippen LogP contribution in [-0.4, -0.2) is 42.3 Å². The smallest absolute Gasteiger partial charge is 0.307 e. The normalized spacial score (nSPS) is 27.6. The average Bonchev–Trinajstić information content (AvgIpc) is 3.06. The summed E-state index contributed by atoms with van der Waals surface area (Å²) in [5.41, 5.74) is 0.984. The fraction of sp³-hybridized carbons (Fsp3) is 0.588. The van der Waals surface area contributed by atoms with Crippen molar-refractivity contribution < 1.29 is 19.4 Å². The Hall–Kier alpha value is -1.40. The molecule has 3 unspecified atom stereocenters. The fourth-order valence-corrected chi connectivity index (χ4v) is 4.30. The maximum atomic E-state index is 11.2. The van der Waals surface area contributed by atoms with Crippen LogP contribution in [0.2, 0.25) is 0 Å². The van der Waals surface area contributed by atoms with Crippen molar-refractivity contribution in [1.82, 2.24) is 5.32 Å². The van der Waals surface area contributed by atoms with Crippen LogP contribution in [0.4, 0.5) is 0 Å². The van der Waals surface area contributed by atoms with Crippen LogP contribution in [0.1, 0.15) is 30.9 Å². The van der Waals surface area contributed by atoms with Gasteiger partial charge in [-0.2, -0.15) is 11.8 Å². The van der Waals surface area contributed by atoms with Gasteiger partial charge in [0.1, 0.15) is 6.10 Å². The number of hydrogen-bond donors (Lipinski definition) is 2. The molecule has 1 aromatic carbocycles. The zero-order chi connectivity index (χ0) is 16.2. The molecule has 0 radical (unpaired) electrons. The van der Waals surface area contributed by atoms with Gasteiger partial charge in [-0.3, -0.25) is 4.79 Å². The fourth-order valence-electron chi connectivity index (χ4n) is 3.26. The van der Waals surface area contributed by atoms with Crippen LogP contribution >= 0.6 is 11.8 Å². The summed E-state index contributed by atoms with van der Waals surface area (Å²) in [5, 5.41) is 12.5. The van der Waals surface area contributed by atoms with E-state index in [0.717, 1.165) is 29.2 Å². The average molecular weight is 337 g/mol. The largest absolute Gasteiger partial charge is 0.493 e. The first-order valence-electron chi connectivity index (χ1n) is 8.06. The second-order valence-electron chi connectivity index (χ2n) is 6.07. The van der Waals surface area contributed by atoms with Gasteiger partial charge in [0, 0.05) is 23.9 Å². The van der Waals surface area contributed by atoms with Crippen LogP contribution in [0.5, 0.6) is 11.5 Å². The van der Waals surface area contributed by atoms with Crippen LogP contribution in [0, 0.1) is 5.92 Å². The van der Waals surface area contributed by atoms with Gasteiger partial charge >= 0.3 is 5.97 Å².